The van der Waals surface area contributed by atoms with Crippen molar-refractivity contribution in [3.05, 3.63) is 101 Å². The summed E-state index contributed by atoms with van der Waals surface area (Å²) in [5, 5.41) is 18.0. The smallest absolute Gasteiger partial charge is 0.321 e. The molecule has 0 bridgehead atoms. The number of thioether (sulfide) groups is 1. The van der Waals surface area contributed by atoms with Gasteiger partial charge in [-0.3, -0.25) is 4.79 Å². The Bertz CT molecular complexity index is 1310. The van der Waals surface area contributed by atoms with Crippen molar-refractivity contribution in [1.82, 2.24) is 9.97 Å². The van der Waals surface area contributed by atoms with Crippen LogP contribution in [0.2, 0.25) is 5.15 Å². The summed E-state index contributed by atoms with van der Waals surface area (Å²) in [6.45, 7) is 0. The standard InChI is InChI=1S/C25H16ClN3O3S/c26-21-14-22(29-25(28-21)33-23(24(30)31)19-4-2-1-3-5-19)32-20-12-10-18(11-13-20)17-8-6-16(15-27)7-9-17/h1-14,23H,(H,30,31). The minimum absolute atomic E-state index is 0.147. The molecule has 0 saturated carbocycles. The van der Waals surface area contributed by atoms with Crippen LogP contribution in [-0.4, -0.2) is 21.0 Å². The van der Waals surface area contributed by atoms with Crippen LogP contribution in [0.1, 0.15) is 16.4 Å². The number of rotatable bonds is 7. The summed E-state index contributed by atoms with van der Waals surface area (Å²) in [6.07, 6.45) is 0. The van der Waals surface area contributed by atoms with Gasteiger partial charge in [0.1, 0.15) is 16.2 Å². The van der Waals surface area contributed by atoms with Crippen LogP contribution in [-0.2, 0) is 4.79 Å². The highest BCUT2D eigenvalue weighted by molar-refractivity contribution is 8.00. The van der Waals surface area contributed by atoms with Crippen molar-refractivity contribution in [2.45, 2.75) is 10.4 Å². The van der Waals surface area contributed by atoms with Gasteiger partial charge in [-0.25, -0.2) is 4.98 Å². The van der Waals surface area contributed by atoms with Crippen LogP contribution in [0.3, 0.4) is 0 Å². The van der Waals surface area contributed by atoms with E-state index in [2.05, 4.69) is 16.0 Å². The molecule has 0 aliphatic heterocycles. The molecule has 4 rings (SSSR count). The predicted molar refractivity (Wildman–Crippen MR) is 126 cm³/mol. The van der Waals surface area contributed by atoms with Gasteiger partial charge in [0.05, 0.1) is 11.6 Å². The monoisotopic (exact) mass is 473 g/mol. The number of nitrogens with zero attached hydrogens (tertiary/aromatic N) is 3. The highest BCUT2D eigenvalue weighted by Gasteiger charge is 2.23. The van der Waals surface area contributed by atoms with Crippen molar-refractivity contribution in [3.8, 4) is 28.8 Å². The van der Waals surface area contributed by atoms with Crippen molar-refractivity contribution in [3.63, 3.8) is 0 Å². The summed E-state index contributed by atoms with van der Waals surface area (Å²) in [6, 6.07) is 27.1. The first kappa shape index (κ1) is 22.3. The fourth-order valence-electron chi connectivity index (χ4n) is 3.05. The van der Waals surface area contributed by atoms with Crippen molar-refractivity contribution in [1.29, 1.82) is 5.26 Å². The molecule has 0 amide bonds. The maximum Gasteiger partial charge on any atom is 0.321 e. The Kier molecular flexibility index (Phi) is 6.89. The lowest BCUT2D eigenvalue weighted by Crippen LogP contribution is -2.08. The Hall–Kier alpha value is -3.86. The van der Waals surface area contributed by atoms with Gasteiger partial charge in [-0.2, -0.15) is 10.2 Å². The predicted octanol–water partition coefficient (Wildman–Crippen LogP) is 6.38. The number of carboxylic acid groups (broad SMARTS) is 1. The number of benzene rings is 3. The summed E-state index contributed by atoms with van der Waals surface area (Å²) in [5.74, 6) is -0.257. The molecule has 0 aliphatic rings. The summed E-state index contributed by atoms with van der Waals surface area (Å²) < 4.78 is 5.84. The molecule has 0 aliphatic carbocycles. The van der Waals surface area contributed by atoms with Gasteiger partial charge < -0.3 is 9.84 Å². The number of hydrogen-bond donors (Lipinski definition) is 1. The first-order valence-electron chi connectivity index (χ1n) is 9.79. The SMILES string of the molecule is N#Cc1ccc(-c2ccc(Oc3cc(Cl)nc(SC(C(=O)O)c4ccccc4)n3)cc2)cc1. The van der Waals surface area contributed by atoms with Gasteiger partial charge in [0.2, 0.25) is 5.88 Å². The minimum atomic E-state index is -1.00. The Morgan fingerprint density at radius 2 is 1.61 bits per heavy atom. The molecule has 0 spiro atoms. The number of carboxylic acids is 1. The highest BCUT2D eigenvalue weighted by atomic mass is 35.5. The molecule has 0 radical (unpaired) electrons. The van der Waals surface area contributed by atoms with Crippen LogP contribution < -0.4 is 4.74 Å². The molecule has 1 N–H and O–H groups in total. The van der Waals surface area contributed by atoms with Gasteiger partial charge in [0.25, 0.3) is 0 Å². The number of nitriles is 1. The van der Waals surface area contributed by atoms with Crippen molar-refractivity contribution in [2.24, 2.45) is 0 Å². The lowest BCUT2D eigenvalue weighted by Gasteiger charge is -2.12. The van der Waals surface area contributed by atoms with E-state index in [0.717, 1.165) is 22.9 Å². The molecular weight excluding hydrogens is 458 g/mol. The number of halogens is 1. The van der Waals surface area contributed by atoms with E-state index in [9.17, 15) is 9.90 Å². The van der Waals surface area contributed by atoms with Crippen molar-refractivity contribution >= 4 is 29.3 Å². The van der Waals surface area contributed by atoms with E-state index in [1.165, 1.54) is 6.07 Å². The normalized spacial score (nSPS) is 11.4. The third-order valence-corrected chi connectivity index (χ3v) is 5.92. The summed E-state index contributed by atoms with van der Waals surface area (Å²) in [4.78, 5) is 20.3. The van der Waals surface area contributed by atoms with Crippen LogP contribution in [0.4, 0.5) is 0 Å². The van der Waals surface area contributed by atoms with Gasteiger partial charge >= 0.3 is 5.97 Å². The fraction of sp³-hybridized carbons (Fsp3) is 0.0400. The molecule has 1 heterocycles. The summed E-state index contributed by atoms with van der Waals surface area (Å²) in [5.41, 5.74) is 3.17. The molecule has 1 unspecified atom stereocenters. The molecular formula is C25H16ClN3O3S. The van der Waals surface area contributed by atoms with Crippen LogP contribution >= 0.6 is 23.4 Å². The molecule has 1 atom stereocenters. The topological polar surface area (TPSA) is 96.1 Å². The molecule has 162 valence electrons. The van der Waals surface area contributed by atoms with E-state index in [1.54, 1.807) is 48.5 Å². The number of aromatic nitrogens is 2. The largest absolute Gasteiger partial charge is 0.480 e. The van der Waals surface area contributed by atoms with Crippen molar-refractivity contribution in [2.75, 3.05) is 0 Å². The number of hydrogen-bond acceptors (Lipinski definition) is 6. The van der Waals surface area contributed by atoms with Crippen LogP contribution in [0.25, 0.3) is 11.1 Å². The zero-order chi connectivity index (χ0) is 23.2. The van der Waals surface area contributed by atoms with E-state index in [4.69, 9.17) is 21.6 Å². The average Bonchev–Trinajstić information content (AvgIpc) is 2.83. The lowest BCUT2D eigenvalue weighted by atomic mass is 10.0. The number of ether oxygens (including phenoxy) is 1. The van der Waals surface area contributed by atoms with Gasteiger partial charge in [-0.15, -0.1) is 0 Å². The van der Waals surface area contributed by atoms with Gasteiger partial charge in [-0.05, 0) is 41.0 Å². The third-order valence-electron chi connectivity index (χ3n) is 4.62. The van der Waals surface area contributed by atoms with E-state index >= 15 is 0 Å². The zero-order valence-corrected chi connectivity index (χ0v) is 18.6. The molecule has 1 aromatic heterocycles. The number of aliphatic carboxylic acids is 1. The average molecular weight is 474 g/mol. The lowest BCUT2D eigenvalue weighted by molar-refractivity contribution is -0.136. The van der Waals surface area contributed by atoms with Gasteiger partial charge in [0, 0.05) is 6.07 Å². The summed E-state index contributed by atoms with van der Waals surface area (Å²) >= 11 is 7.12. The maximum absolute atomic E-state index is 11.8. The number of carbonyl (C=O) groups is 1. The van der Waals surface area contributed by atoms with E-state index in [0.29, 0.717) is 16.9 Å². The molecule has 3 aromatic carbocycles. The second kappa shape index (κ2) is 10.2. The maximum atomic E-state index is 11.8. The van der Waals surface area contributed by atoms with Crippen LogP contribution in [0.5, 0.6) is 11.6 Å². The molecule has 33 heavy (non-hydrogen) atoms. The Morgan fingerprint density at radius 1 is 0.970 bits per heavy atom. The highest BCUT2D eigenvalue weighted by Crippen LogP contribution is 2.35. The second-order valence-corrected chi connectivity index (χ2v) is 8.33. The van der Waals surface area contributed by atoms with E-state index < -0.39 is 11.2 Å². The Morgan fingerprint density at radius 3 is 2.21 bits per heavy atom. The Labute approximate surface area is 199 Å². The molecule has 4 aromatic rings. The zero-order valence-electron chi connectivity index (χ0n) is 17.1. The molecule has 8 heteroatoms. The molecule has 0 saturated heterocycles. The molecule has 0 fully saturated rings. The first-order chi connectivity index (χ1) is 16.0. The Balaban J connectivity index is 1.52. The van der Waals surface area contributed by atoms with Crippen LogP contribution in [0, 0.1) is 11.3 Å². The summed E-state index contributed by atoms with van der Waals surface area (Å²) in [7, 11) is 0. The van der Waals surface area contributed by atoms with E-state index in [-0.39, 0.29) is 16.2 Å². The first-order valence-corrected chi connectivity index (χ1v) is 11.0. The van der Waals surface area contributed by atoms with E-state index in [1.807, 2.05) is 30.3 Å². The minimum Gasteiger partial charge on any atom is -0.480 e. The third kappa shape index (κ3) is 5.69. The van der Waals surface area contributed by atoms with Gasteiger partial charge in [-0.1, -0.05) is 78.0 Å². The van der Waals surface area contributed by atoms with Crippen molar-refractivity contribution < 1.29 is 14.6 Å². The van der Waals surface area contributed by atoms with Gasteiger partial charge in [0.15, 0.2) is 5.16 Å². The van der Waals surface area contributed by atoms with Crippen LogP contribution in [0.15, 0.2) is 90.1 Å². The molecule has 6 nitrogen and oxygen atoms in total. The quantitative estimate of drug-likeness (QED) is 0.189. The second-order valence-electron chi connectivity index (χ2n) is 6.87. The fourth-order valence-corrected chi connectivity index (χ4v) is 4.17.